The van der Waals surface area contributed by atoms with Gasteiger partial charge < -0.3 is 14.5 Å². The number of carbonyl (C=O) groups excluding carboxylic acids is 2. The maximum atomic E-state index is 13.5. The fourth-order valence-corrected chi connectivity index (χ4v) is 3.76. The number of hydrogen-bond acceptors (Lipinski definition) is 5. The number of nitrogens with one attached hydrogen (secondary N) is 1. The number of hydrogen-bond donors (Lipinski definition) is 1. The van der Waals surface area contributed by atoms with Crippen LogP contribution < -0.4 is 5.56 Å². The molecular formula is C21H22FNO5. The molecule has 28 heavy (non-hydrogen) atoms. The summed E-state index contributed by atoms with van der Waals surface area (Å²) < 4.78 is 23.5. The smallest absolute Gasteiger partial charge is 0.344 e. The Kier molecular flexibility index (Phi) is 5.92. The molecule has 2 aromatic rings. The van der Waals surface area contributed by atoms with Gasteiger partial charge in [-0.25, -0.2) is 14.0 Å². The molecule has 1 aromatic carbocycles. The molecule has 6 nitrogen and oxygen atoms in total. The van der Waals surface area contributed by atoms with E-state index in [0.29, 0.717) is 11.3 Å². The van der Waals surface area contributed by atoms with Crippen molar-refractivity contribution in [2.45, 2.75) is 38.5 Å². The number of halogens is 1. The second-order valence-corrected chi connectivity index (χ2v) is 6.69. The topological polar surface area (TPSA) is 85.5 Å². The molecule has 0 spiro atoms. The Morgan fingerprint density at radius 1 is 1.11 bits per heavy atom. The first-order chi connectivity index (χ1) is 13.5. The third kappa shape index (κ3) is 3.69. The van der Waals surface area contributed by atoms with Crippen LogP contribution in [0, 0.1) is 5.82 Å². The van der Waals surface area contributed by atoms with Gasteiger partial charge >= 0.3 is 11.9 Å². The monoisotopic (exact) mass is 387 g/mol. The number of benzene rings is 1. The standard InChI is InChI=1S/C21H22FNO5/c1-3-28-21(26)17-15(12-8-10-14(22)11-9-12)16(20(25)27-2)18(23-19(17)24)13-6-4-5-7-13/h8-11,13H,3-7H2,1-2H3,(H,23,24). The highest BCUT2D eigenvalue weighted by Gasteiger charge is 2.32. The molecule has 1 aromatic heterocycles. The zero-order valence-electron chi connectivity index (χ0n) is 15.8. The number of methoxy groups -OCH3 is 1. The van der Waals surface area contributed by atoms with E-state index in [1.54, 1.807) is 6.92 Å². The van der Waals surface area contributed by atoms with Gasteiger partial charge in [0, 0.05) is 11.3 Å². The summed E-state index contributed by atoms with van der Waals surface area (Å²) >= 11 is 0. The van der Waals surface area contributed by atoms with Crippen LogP contribution in [-0.2, 0) is 9.47 Å². The zero-order chi connectivity index (χ0) is 20.3. The van der Waals surface area contributed by atoms with E-state index >= 15 is 0 Å². The van der Waals surface area contributed by atoms with E-state index in [-0.39, 0.29) is 29.2 Å². The highest BCUT2D eigenvalue weighted by Crippen LogP contribution is 2.38. The second-order valence-electron chi connectivity index (χ2n) is 6.69. The lowest BCUT2D eigenvalue weighted by Gasteiger charge is -2.19. The first-order valence-electron chi connectivity index (χ1n) is 9.29. The number of H-pyrrole nitrogens is 1. The molecule has 0 aliphatic heterocycles. The summed E-state index contributed by atoms with van der Waals surface area (Å²) in [5.41, 5.74) is 0.166. The number of pyridine rings is 1. The number of carbonyl (C=O) groups is 2. The van der Waals surface area contributed by atoms with Crippen LogP contribution in [0.5, 0.6) is 0 Å². The Hall–Kier alpha value is -2.96. The van der Waals surface area contributed by atoms with E-state index in [0.717, 1.165) is 25.7 Å². The number of esters is 2. The largest absolute Gasteiger partial charge is 0.465 e. The number of aromatic nitrogens is 1. The van der Waals surface area contributed by atoms with Crippen LogP contribution in [-0.4, -0.2) is 30.6 Å². The SMILES string of the molecule is CCOC(=O)c1c(-c2ccc(F)cc2)c(C(=O)OC)c(C2CCCC2)[nH]c1=O. The summed E-state index contributed by atoms with van der Waals surface area (Å²) in [6.45, 7) is 1.69. The fourth-order valence-electron chi connectivity index (χ4n) is 3.76. The van der Waals surface area contributed by atoms with Crippen molar-refractivity contribution >= 4 is 11.9 Å². The van der Waals surface area contributed by atoms with Gasteiger partial charge in [0.25, 0.3) is 5.56 Å². The van der Waals surface area contributed by atoms with E-state index < -0.39 is 23.3 Å². The molecule has 0 bridgehead atoms. The predicted molar refractivity (Wildman–Crippen MR) is 101 cm³/mol. The molecule has 7 heteroatoms. The molecule has 0 saturated heterocycles. The van der Waals surface area contributed by atoms with E-state index in [1.165, 1.54) is 31.4 Å². The molecule has 1 aliphatic carbocycles. The molecular weight excluding hydrogens is 365 g/mol. The molecule has 1 aliphatic rings. The lowest BCUT2D eigenvalue weighted by atomic mass is 9.89. The first-order valence-corrected chi connectivity index (χ1v) is 9.29. The zero-order valence-corrected chi connectivity index (χ0v) is 15.8. The minimum absolute atomic E-state index is 0.0164. The highest BCUT2D eigenvalue weighted by molar-refractivity contribution is 6.06. The summed E-state index contributed by atoms with van der Waals surface area (Å²) in [6.07, 6.45) is 3.61. The van der Waals surface area contributed by atoms with Crippen LogP contribution in [0.15, 0.2) is 29.1 Å². The van der Waals surface area contributed by atoms with Crippen molar-refractivity contribution in [2.24, 2.45) is 0 Å². The van der Waals surface area contributed by atoms with Crippen molar-refractivity contribution in [3.05, 3.63) is 57.3 Å². The van der Waals surface area contributed by atoms with Gasteiger partial charge in [0.1, 0.15) is 11.4 Å². The van der Waals surface area contributed by atoms with Crippen LogP contribution in [0.25, 0.3) is 11.1 Å². The average molecular weight is 387 g/mol. The van der Waals surface area contributed by atoms with Gasteiger partial charge in [0.15, 0.2) is 0 Å². The third-order valence-corrected chi connectivity index (χ3v) is 5.01. The lowest BCUT2D eigenvalue weighted by molar-refractivity contribution is 0.0525. The van der Waals surface area contributed by atoms with Gasteiger partial charge in [0.2, 0.25) is 0 Å². The van der Waals surface area contributed by atoms with Gasteiger partial charge in [-0.15, -0.1) is 0 Å². The molecule has 3 rings (SSSR count). The summed E-state index contributed by atoms with van der Waals surface area (Å²) in [5.74, 6) is -1.99. The molecule has 0 unspecified atom stereocenters. The normalized spacial score (nSPS) is 14.1. The van der Waals surface area contributed by atoms with Crippen molar-refractivity contribution < 1.29 is 23.5 Å². The van der Waals surface area contributed by atoms with E-state index in [2.05, 4.69) is 4.98 Å². The summed E-state index contributed by atoms with van der Waals surface area (Å²) in [5, 5.41) is 0. The van der Waals surface area contributed by atoms with Crippen molar-refractivity contribution in [1.29, 1.82) is 0 Å². The van der Waals surface area contributed by atoms with Gasteiger partial charge in [-0.2, -0.15) is 0 Å². The summed E-state index contributed by atoms with van der Waals surface area (Å²) in [6, 6.07) is 5.28. The molecule has 1 N–H and O–H groups in total. The molecule has 148 valence electrons. The Labute approximate surface area is 161 Å². The van der Waals surface area contributed by atoms with Crippen molar-refractivity contribution in [3.63, 3.8) is 0 Å². The second kappa shape index (κ2) is 8.37. The van der Waals surface area contributed by atoms with Gasteiger partial charge in [-0.3, -0.25) is 4.79 Å². The van der Waals surface area contributed by atoms with Crippen LogP contribution in [0.4, 0.5) is 4.39 Å². The quantitative estimate of drug-likeness (QED) is 0.789. The Morgan fingerprint density at radius 3 is 2.32 bits per heavy atom. The van der Waals surface area contributed by atoms with E-state index in [1.807, 2.05) is 0 Å². The maximum absolute atomic E-state index is 13.5. The summed E-state index contributed by atoms with van der Waals surface area (Å²) in [7, 11) is 1.24. The summed E-state index contributed by atoms with van der Waals surface area (Å²) in [4.78, 5) is 40.9. The van der Waals surface area contributed by atoms with E-state index in [4.69, 9.17) is 9.47 Å². The van der Waals surface area contributed by atoms with Crippen molar-refractivity contribution in [3.8, 4) is 11.1 Å². The molecule has 0 radical (unpaired) electrons. The van der Waals surface area contributed by atoms with Crippen LogP contribution >= 0.6 is 0 Å². The van der Waals surface area contributed by atoms with Crippen LogP contribution in [0.2, 0.25) is 0 Å². The number of ether oxygens (including phenoxy) is 2. The molecule has 0 atom stereocenters. The van der Waals surface area contributed by atoms with Crippen molar-refractivity contribution in [2.75, 3.05) is 13.7 Å². The highest BCUT2D eigenvalue weighted by atomic mass is 19.1. The number of aromatic amines is 1. The Morgan fingerprint density at radius 2 is 1.75 bits per heavy atom. The van der Waals surface area contributed by atoms with Crippen molar-refractivity contribution in [1.82, 2.24) is 4.98 Å². The first kappa shape index (κ1) is 19.8. The van der Waals surface area contributed by atoms with Gasteiger partial charge in [0.05, 0.1) is 19.3 Å². The molecule has 0 amide bonds. The average Bonchev–Trinajstić information content (AvgIpc) is 3.22. The minimum Gasteiger partial charge on any atom is -0.465 e. The van der Waals surface area contributed by atoms with Crippen LogP contribution in [0.3, 0.4) is 0 Å². The fraction of sp³-hybridized carbons (Fsp3) is 0.381. The van der Waals surface area contributed by atoms with Gasteiger partial charge in [-0.05, 0) is 43.4 Å². The lowest BCUT2D eigenvalue weighted by Crippen LogP contribution is -2.27. The Balaban J connectivity index is 2.37. The van der Waals surface area contributed by atoms with Gasteiger partial charge in [-0.1, -0.05) is 25.0 Å². The molecule has 1 saturated carbocycles. The predicted octanol–water partition coefficient (Wildman–Crippen LogP) is 3.80. The molecule has 1 fully saturated rings. The number of rotatable bonds is 5. The van der Waals surface area contributed by atoms with E-state index in [9.17, 15) is 18.8 Å². The third-order valence-electron chi connectivity index (χ3n) is 5.01. The maximum Gasteiger partial charge on any atom is 0.344 e. The minimum atomic E-state index is -0.841. The molecule has 1 heterocycles. The van der Waals surface area contributed by atoms with Crippen LogP contribution in [0.1, 0.15) is 64.9 Å². The Bertz CT molecular complexity index is 943.